The Balaban J connectivity index is 1.89. The lowest BCUT2D eigenvalue weighted by molar-refractivity contribution is 0.190. The molecule has 0 saturated carbocycles. The second-order valence-electron chi connectivity index (χ2n) is 6.96. The van der Waals surface area contributed by atoms with E-state index in [1.165, 1.54) is 24.0 Å². The average molecular weight is 283 g/mol. The molecule has 21 heavy (non-hydrogen) atoms. The Hall–Kier alpha value is -1.54. The summed E-state index contributed by atoms with van der Waals surface area (Å²) in [6.45, 7) is 8.91. The van der Waals surface area contributed by atoms with Gasteiger partial charge in [-0.1, -0.05) is 38.1 Å². The minimum Gasteiger partial charge on any atom is -0.465 e. The third-order valence-corrected chi connectivity index (χ3v) is 4.79. The molecule has 1 N–H and O–H groups in total. The van der Waals surface area contributed by atoms with Crippen LogP contribution in [0.25, 0.3) is 0 Å². The Morgan fingerprint density at radius 2 is 1.95 bits per heavy atom. The predicted molar refractivity (Wildman–Crippen MR) is 86.3 cm³/mol. The van der Waals surface area contributed by atoms with Crippen molar-refractivity contribution in [3.63, 3.8) is 0 Å². The smallest absolute Gasteiger partial charge is 0.120 e. The number of hydrogen-bond donors (Lipinski definition) is 1. The van der Waals surface area contributed by atoms with E-state index in [0.717, 1.165) is 11.5 Å². The van der Waals surface area contributed by atoms with E-state index >= 15 is 0 Å². The summed E-state index contributed by atoms with van der Waals surface area (Å²) in [6, 6.07) is 13.5. The van der Waals surface area contributed by atoms with Crippen molar-refractivity contribution in [3.05, 3.63) is 59.0 Å². The van der Waals surface area contributed by atoms with E-state index in [0.29, 0.717) is 6.04 Å². The van der Waals surface area contributed by atoms with Gasteiger partial charge in [-0.2, -0.15) is 0 Å². The monoisotopic (exact) mass is 283 g/mol. The zero-order valence-corrected chi connectivity index (χ0v) is 13.4. The molecule has 112 valence electrons. The summed E-state index contributed by atoms with van der Waals surface area (Å²) in [7, 11) is 0. The Labute approximate surface area is 127 Å². The molecule has 2 nitrogen and oxygen atoms in total. The van der Waals surface area contributed by atoms with Crippen molar-refractivity contribution in [1.82, 2.24) is 5.32 Å². The van der Waals surface area contributed by atoms with E-state index in [1.54, 1.807) is 0 Å². The molecule has 0 fully saturated rings. The fraction of sp³-hybridized carbons (Fsp3) is 0.474. The van der Waals surface area contributed by atoms with Crippen LogP contribution in [0.3, 0.4) is 0 Å². The molecular formula is C19H25NO. The third kappa shape index (κ3) is 2.77. The van der Waals surface area contributed by atoms with Crippen LogP contribution in [0.5, 0.6) is 0 Å². The predicted octanol–water partition coefficient (Wildman–Crippen LogP) is 4.95. The molecule has 1 aromatic carbocycles. The van der Waals surface area contributed by atoms with Crippen molar-refractivity contribution in [3.8, 4) is 0 Å². The first kappa shape index (κ1) is 14.4. The largest absolute Gasteiger partial charge is 0.465 e. The van der Waals surface area contributed by atoms with Gasteiger partial charge >= 0.3 is 0 Å². The van der Waals surface area contributed by atoms with E-state index in [9.17, 15) is 0 Å². The second-order valence-corrected chi connectivity index (χ2v) is 6.96. The van der Waals surface area contributed by atoms with Gasteiger partial charge in [0, 0.05) is 6.04 Å². The third-order valence-electron chi connectivity index (χ3n) is 4.79. The van der Waals surface area contributed by atoms with Crippen molar-refractivity contribution in [2.75, 3.05) is 0 Å². The Morgan fingerprint density at radius 3 is 2.67 bits per heavy atom. The number of furan rings is 1. The van der Waals surface area contributed by atoms with Gasteiger partial charge in [0.15, 0.2) is 0 Å². The number of rotatable bonds is 3. The maximum Gasteiger partial charge on any atom is 0.120 e. The van der Waals surface area contributed by atoms with Crippen molar-refractivity contribution in [1.29, 1.82) is 0 Å². The molecule has 0 aliphatic heterocycles. The van der Waals surface area contributed by atoms with Gasteiger partial charge in [-0.15, -0.1) is 0 Å². The van der Waals surface area contributed by atoms with Gasteiger partial charge in [0.05, 0.1) is 6.04 Å². The molecule has 3 rings (SSSR count). The molecule has 2 heteroatoms. The van der Waals surface area contributed by atoms with Crippen molar-refractivity contribution in [2.45, 2.75) is 52.6 Å². The Morgan fingerprint density at radius 1 is 1.19 bits per heavy atom. The van der Waals surface area contributed by atoms with Gasteiger partial charge in [0.1, 0.15) is 11.5 Å². The molecule has 0 spiro atoms. The maximum atomic E-state index is 5.78. The highest BCUT2D eigenvalue weighted by atomic mass is 16.3. The average Bonchev–Trinajstić information content (AvgIpc) is 2.89. The molecule has 2 aromatic rings. The number of aryl methyl sites for hydroxylation is 2. The first-order valence-corrected chi connectivity index (χ1v) is 7.87. The molecule has 0 radical (unpaired) electrons. The summed E-state index contributed by atoms with van der Waals surface area (Å²) in [4.78, 5) is 0. The van der Waals surface area contributed by atoms with Gasteiger partial charge in [-0.25, -0.2) is 0 Å². The highest BCUT2D eigenvalue weighted by Crippen LogP contribution is 2.44. The molecular weight excluding hydrogens is 258 g/mol. The van der Waals surface area contributed by atoms with Crippen LogP contribution in [0.4, 0.5) is 0 Å². The van der Waals surface area contributed by atoms with Crippen LogP contribution < -0.4 is 5.32 Å². The van der Waals surface area contributed by atoms with Crippen molar-refractivity contribution in [2.24, 2.45) is 5.41 Å². The number of fused-ring (bicyclic) bond motifs is 1. The van der Waals surface area contributed by atoms with Crippen LogP contribution in [-0.4, -0.2) is 0 Å². The summed E-state index contributed by atoms with van der Waals surface area (Å²) < 4.78 is 5.78. The highest BCUT2D eigenvalue weighted by molar-refractivity contribution is 5.34. The molecule has 1 aromatic heterocycles. The second kappa shape index (κ2) is 5.34. The summed E-state index contributed by atoms with van der Waals surface area (Å²) in [5, 5.41) is 3.80. The fourth-order valence-corrected chi connectivity index (χ4v) is 3.40. The first-order valence-electron chi connectivity index (χ1n) is 7.87. The first-order chi connectivity index (χ1) is 9.97. The standard InChI is InChI=1S/C19H25NO/c1-13-9-10-17(21-13)14(2)20-18-16-8-6-5-7-15(16)11-12-19(18,3)4/h5-10,14,18,20H,11-12H2,1-4H3. The maximum absolute atomic E-state index is 5.78. The van der Waals surface area contributed by atoms with Crippen LogP contribution in [0.2, 0.25) is 0 Å². The number of hydrogen-bond acceptors (Lipinski definition) is 2. The summed E-state index contributed by atoms with van der Waals surface area (Å²) in [5.41, 5.74) is 3.19. The molecule has 0 bridgehead atoms. The van der Waals surface area contributed by atoms with Gasteiger partial charge in [-0.05, 0) is 55.4 Å². The van der Waals surface area contributed by atoms with Crippen LogP contribution in [0, 0.1) is 12.3 Å². The molecule has 0 amide bonds. The fourth-order valence-electron chi connectivity index (χ4n) is 3.40. The lowest BCUT2D eigenvalue weighted by Gasteiger charge is -2.41. The van der Waals surface area contributed by atoms with Crippen molar-refractivity contribution < 1.29 is 4.42 Å². The van der Waals surface area contributed by atoms with Crippen LogP contribution >= 0.6 is 0 Å². The zero-order chi connectivity index (χ0) is 15.0. The number of nitrogens with one attached hydrogen (secondary N) is 1. The summed E-state index contributed by atoms with van der Waals surface area (Å²) in [5.74, 6) is 1.99. The van der Waals surface area contributed by atoms with Crippen LogP contribution in [0.15, 0.2) is 40.8 Å². The molecule has 1 aliphatic rings. The normalized spacial score (nSPS) is 21.8. The quantitative estimate of drug-likeness (QED) is 0.862. The van der Waals surface area contributed by atoms with Crippen molar-refractivity contribution >= 4 is 0 Å². The minimum absolute atomic E-state index is 0.217. The number of benzene rings is 1. The van der Waals surface area contributed by atoms with E-state index in [1.807, 2.05) is 13.0 Å². The zero-order valence-electron chi connectivity index (χ0n) is 13.4. The summed E-state index contributed by atoms with van der Waals surface area (Å²) >= 11 is 0. The minimum atomic E-state index is 0.217. The van der Waals surface area contributed by atoms with E-state index < -0.39 is 0 Å². The van der Waals surface area contributed by atoms with E-state index in [2.05, 4.69) is 56.4 Å². The lowest BCUT2D eigenvalue weighted by atomic mass is 9.70. The van der Waals surface area contributed by atoms with Gasteiger partial charge in [0.2, 0.25) is 0 Å². The summed E-state index contributed by atoms with van der Waals surface area (Å²) in [6.07, 6.45) is 2.39. The van der Waals surface area contributed by atoms with Gasteiger partial charge in [0.25, 0.3) is 0 Å². The molecule has 1 aliphatic carbocycles. The Bertz CT molecular complexity index is 626. The lowest BCUT2D eigenvalue weighted by Crippen LogP contribution is -2.39. The van der Waals surface area contributed by atoms with Gasteiger partial charge in [-0.3, -0.25) is 0 Å². The van der Waals surface area contributed by atoms with Crippen LogP contribution in [0.1, 0.15) is 61.9 Å². The Kier molecular flexibility index (Phi) is 3.66. The van der Waals surface area contributed by atoms with E-state index in [-0.39, 0.29) is 11.5 Å². The molecule has 0 saturated heterocycles. The highest BCUT2D eigenvalue weighted by Gasteiger charge is 2.36. The SMILES string of the molecule is Cc1ccc(C(C)NC2c3ccccc3CCC2(C)C)o1. The molecule has 1 heterocycles. The molecule has 2 unspecified atom stereocenters. The van der Waals surface area contributed by atoms with Gasteiger partial charge < -0.3 is 9.73 Å². The van der Waals surface area contributed by atoms with E-state index in [4.69, 9.17) is 4.42 Å². The molecule has 2 atom stereocenters. The van der Waals surface area contributed by atoms with Crippen LogP contribution in [-0.2, 0) is 6.42 Å². The topological polar surface area (TPSA) is 25.2 Å².